The number of aryl methyl sites for hydroxylation is 2. The molecule has 1 aliphatic rings. The molecule has 0 fully saturated rings. The molecular weight excluding hydrogens is 360 g/mol. The van der Waals surface area contributed by atoms with Crippen LogP contribution in [0.2, 0.25) is 0 Å². The van der Waals surface area contributed by atoms with Gasteiger partial charge in [0.05, 0.1) is 11.9 Å². The molecule has 6 heteroatoms. The number of nitrogens with zero attached hydrogens (tertiary/aromatic N) is 2. The Balaban J connectivity index is 1.80. The lowest BCUT2D eigenvalue weighted by atomic mass is 10.1. The number of hydrogen-bond acceptors (Lipinski definition) is 3. The van der Waals surface area contributed by atoms with Crippen LogP contribution >= 0.6 is 0 Å². The smallest absolute Gasteiger partial charge is 0.232 e. The van der Waals surface area contributed by atoms with Gasteiger partial charge < -0.3 is 4.90 Å². The Kier molecular flexibility index (Phi) is 5.29. The van der Waals surface area contributed by atoms with E-state index in [9.17, 15) is 13.2 Å². The molecule has 0 saturated heterocycles. The molecule has 0 bridgehead atoms. The molecule has 3 rings (SSSR count). The van der Waals surface area contributed by atoms with Crippen molar-refractivity contribution in [1.82, 2.24) is 0 Å². The van der Waals surface area contributed by atoms with Crippen LogP contribution in [0, 0.1) is 13.8 Å². The molecule has 0 radical (unpaired) electrons. The first kappa shape index (κ1) is 19.4. The van der Waals surface area contributed by atoms with E-state index in [0.29, 0.717) is 5.69 Å². The lowest BCUT2D eigenvalue weighted by molar-refractivity contribution is -0.118. The monoisotopic (exact) mass is 386 g/mol. The molecule has 144 valence electrons. The Labute approximate surface area is 161 Å². The van der Waals surface area contributed by atoms with Crippen LogP contribution in [-0.2, 0) is 21.2 Å². The molecule has 2 aromatic carbocycles. The topological polar surface area (TPSA) is 57.7 Å². The van der Waals surface area contributed by atoms with Crippen LogP contribution in [-0.4, -0.2) is 33.2 Å². The zero-order chi connectivity index (χ0) is 19.8. The van der Waals surface area contributed by atoms with Crippen LogP contribution in [0.15, 0.2) is 42.5 Å². The molecule has 2 aromatic rings. The minimum atomic E-state index is -3.48. The first-order chi connectivity index (χ1) is 12.7. The second-order valence-electron chi connectivity index (χ2n) is 7.30. The first-order valence-corrected chi connectivity index (χ1v) is 11.0. The zero-order valence-electron chi connectivity index (χ0n) is 16.3. The van der Waals surface area contributed by atoms with Crippen molar-refractivity contribution in [3.05, 3.63) is 59.2 Å². The Morgan fingerprint density at radius 1 is 1.15 bits per heavy atom. The van der Waals surface area contributed by atoms with Gasteiger partial charge in [0, 0.05) is 24.7 Å². The molecule has 1 unspecified atom stereocenters. The van der Waals surface area contributed by atoms with E-state index in [1.807, 2.05) is 57.2 Å². The van der Waals surface area contributed by atoms with E-state index in [-0.39, 0.29) is 24.9 Å². The van der Waals surface area contributed by atoms with Gasteiger partial charge in [0.1, 0.15) is 0 Å². The van der Waals surface area contributed by atoms with Crippen molar-refractivity contribution in [3.8, 4) is 0 Å². The number of amides is 1. The van der Waals surface area contributed by atoms with E-state index in [1.165, 1.54) is 10.6 Å². The Morgan fingerprint density at radius 2 is 1.85 bits per heavy atom. The molecule has 0 saturated carbocycles. The first-order valence-electron chi connectivity index (χ1n) is 9.13. The molecule has 0 aliphatic carbocycles. The van der Waals surface area contributed by atoms with Crippen LogP contribution in [0.1, 0.15) is 30.0 Å². The van der Waals surface area contributed by atoms with Gasteiger partial charge in [-0.15, -0.1) is 0 Å². The third kappa shape index (κ3) is 4.00. The van der Waals surface area contributed by atoms with Crippen LogP contribution in [0.4, 0.5) is 11.4 Å². The molecule has 0 N–H and O–H groups in total. The van der Waals surface area contributed by atoms with E-state index in [4.69, 9.17) is 0 Å². The summed E-state index contributed by atoms with van der Waals surface area (Å²) in [5, 5.41) is 0. The normalized spacial score (nSPS) is 16.3. The summed E-state index contributed by atoms with van der Waals surface area (Å²) in [6, 6.07) is 13.5. The predicted molar refractivity (Wildman–Crippen MR) is 110 cm³/mol. The molecule has 1 aliphatic heterocycles. The average molecular weight is 387 g/mol. The van der Waals surface area contributed by atoms with Crippen LogP contribution in [0.5, 0.6) is 0 Å². The fourth-order valence-corrected chi connectivity index (χ4v) is 4.55. The average Bonchev–Trinajstić information content (AvgIpc) is 2.92. The van der Waals surface area contributed by atoms with Crippen LogP contribution in [0.3, 0.4) is 0 Å². The molecule has 27 heavy (non-hydrogen) atoms. The molecule has 0 aromatic heterocycles. The van der Waals surface area contributed by atoms with Gasteiger partial charge in [-0.25, -0.2) is 8.42 Å². The second-order valence-corrected chi connectivity index (χ2v) is 9.21. The maximum atomic E-state index is 12.9. The predicted octanol–water partition coefficient (Wildman–Crippen LogP) is 3.44. The summed E-state index contributed by atoms with van der Waals surface area (Å²) in [6.07, 6.45) is 2.15. The third-order valence-electron chi connectivity index (χ3n) is 5.18. The van der Waals surface area contributed by atoms with Gasteiger partial charge in [0.25, 0.3) is 0 Å². The number of para-hydroxylation sites is 1. The summed E-state index contributed by atoms with van der Waals surface area (Å²) in [5.74, 6) is -0.0510. The zero-order valence-corrected chi connectivity index (χ0v) is 17.1. The van der Waals surface area contributed by atoms with Crippen molar-refractivity contribution >= 4 is 27.3 Å². The highest BCUT2D eigenvalue weighted by Gasteiger charge is 2.31. The van der Waals surface area contributed by atoms with Gasteiger partial charge in [-0.2, -0.15) is 0 Å². The Hall–Kier alpha value is -2.34. The summed E-state index contributed by atoms with van der Waals surface area (Å²) in [6.45, 7) is 6.09. The van der Waals surface area contributed by atoms with E-state index in [2.05, 4.69) is 0 Å². The minimum Gasteiger partial charge on any atom is -0.309 e. The fourth-order valence-electron chi connectivity index (χ4n) is 3.63. The molecule has 1 amide bonds. The summed E-state index contributed by atoms with van der Waals surface area (Å²) in [4.78, 5) is 14.7. The highest BCUT2D eigenvalue weighted by molar-refractivity contribution is 7.92. The number of fused-ring (bicyclic) bond motifs is 1. The number of anilines is 2. The molecule has 0 spiro atoms. The van der Waals surface area contributed by atoms with E-state index < -0.39 is 10.0 Å². The second kappa shape index (κ2) is 7.35. The standard InChI is InChI=1S/C21H26N2O3S/c1-15-9-10-19(13-16(15)2)22(27(4,25)26)12-11-21(24)23-17(3)14-18-7-5-6-8-20(18)23/h5-10,13,17H,11-12,14H2,1-4H3. The molecule has 1 heterocycles. The number of benzene rings is 2. The van der Waals surface area contributed by atoms with Crippen molar-refractivity contribution in [2.24, 2.45) is 0 Å². The molecule has 5 nitrogen and oxygen atoms in total. The Bertz CT molecular complexity index is 969. The summed E-state index contributed by atoms with van der Waals surface area (Å²) >= 11 is 0. The number of rotatable bonds is 5. The van der Waals surface area contributed by atoms with Gasteiger partial charge in [0.15, 0.2) is 0 Å². The van der Waals surface area contributed by atoms with Gasteiger partial charge in [-0.3, -0.25) is 9.10 Å². The van der Waals surface area contributed by atoms with Crippen molar-refractivity contribution in [1.29, 1.82) is 0 Å². The summed E-state index contributed by atoms with van der Waals surface area (Å²) in [7, 11) is -3.48. The SMILES string of the molecule is Cc1ccc(N(CCC(=O)N2c3ccccc3CC2C)S(C)(=O)=O)cc1C. The van der Waals surface area contributed by atoms with E-state index in [0.717, 1.165) is 28.8 Å². The summed E-state index contributed by atoms with van der Waals surface area (Å²) < 4.78 is 26.0. The van der Waals surface area contributed by atoms with Crippen molar-refractivity contribution in [2.45, 2.75) is 39.7 Å². The Morgan fingerprint density at radius 3 is 2.52 bits per heavy atom. The minimum absolute atomic E-state index is 0.0510. The number of carbonyl (C=O) groups is 1. The van der Waals surface area contributed by atoms with Crippen LogP contribution < -0.4 is 9.21 Å². The van der Waals surface area contributed by atoms with Gasteiger partial charge in [-0.1, -0.05) is 24.3 Å². The van der Waals surface area contributed by atoms with Gasteiger partial charge >= 0.3 is 0 Å². The number of sulfonamides is 1. The van der Waals surface area contributed by atoms with Crippen molar-refractivity contribution in [3.63, 3.8) is 0 Å². The fraction of sp³-hybridized carbons (Fsp3) is 0.381. The molecular formula is C21H26N2O3S. The van der Waals surface area contributed by atoms with Gasteiger partial charge in [0.2, 0.25) is 15.9 Å². The maximum absolute atomic E-state index is 12.9. The highest BCUT2D eigenvalue weighted by Crippen LogP contribution is 2.32. The number of carbonyl (C=O) groups excluding carboxylic acids is 1. The quantitative estimate of drug-likeness (QED) is 0.791. The summed E-state index contributed by atoms with van der Waals surface area (Å²) in [5.41, 5.74) is 4.82. The third-order valence-corrected chi connectivity index (χ3v) is 6.38. The number of hydrogen-bond donors (Lipinski definition) is 0. The lowest BCUT2D eigenvalue weighted by Crippen LogP contribution is -2.39. The van der Waals surface area contributed by atoms with E-state index >= 15 is 0 Å². The van der Waals surface area contributed by atoms with E-state index in [1.54, 1.807) is 11.0 Å². The largest absolute Gasteiger partial charge is 0.309 e. The van der Waals surface area contributed by atoms with Gasteiger partial charge in [-0.05, 0) is 62.1 Å². The maximum Gasteiger partial charge on any atom is 0.232 e. The van der Waals surface area contributed by atoms with Crippen molar-refractivity contribution in [2.75, 3.05) is 22.0 Å². The highest BCUT2D eigenvalue weighted by atomic mass is 32.2. The van der Waals surface area contributed by atoms with Crippen molar-refractivity contribution < 1.29 is 13.2 Å². The molecule has 1 atom stereocenters. The lowest BCUT2D eigenvalue weighted by Gasteiger charge is -2.26. The van der Waals surface area contributed by atoms with Crippen LogP contribution in [0.25, 0.3) is 0 Å².